The molecule has 0 aromatic carbocycles. The molecule has 0 atom stereocenters. The van der Waals surface area contributed by atoms with Crippen molar-refractivity contribution in [3.8, 4) is 0 Å². The molecule has 2 rings (SSSR count). The molecule has 0 aromatic heterocycles. The Morgan fingerprint density at radius 2 is 1.88 bits per heavy atom. The summed E-state index contributed by atoms with van der Waals surface area (Å²) in [6.45, 7) is 5.03. The van der Waals surface area contributed by atoms with Gasteiger partial charge in [-0.25, -0.2) is 4.72 Å². The fraction of sp³-hybridized carbons (Fsp3) is 1.00. The lowest BCUT2D eigenvalue weighted by molar-refractivity contribution is 0.281. The van der Waals surface area contributed by atoms with Gasteiger partial charge in [0.2, 0.25) is 0 Å². The van der Waals surface area contributed by atoms with Crippen molar-refractivity contribution in [3.05, 3.63) is 0 Å². The molecule has 0 amide bonds. The first-order valence-corrected chi connectivity index (χ1v) is 8.04. The van der Waals surface area contributed by atoms with Crippen LogP contribution < -0.4 is 10.0 Å². The van der Waals surface area contributed by atoms with Crippen molar-refractivity contribution in [2.24, 2.45) is 5.92 Å². The van der Waals surface area contributed by atoms with Gasteiger partial charge in [-0.05, 0) is 44.7 Å². The Bertz CT molecular complexity index is 335. The molecule has 100 valence electrons. The second kappa shape index (κ2) is 5.65. The van der Waals surface area contributed by atoms with Gasteiger partial charge >= 0.3 is 0 Å². The van der Waals surface area contributed by atoms with Gasteiger partial charge in [-0.1, -0.05) is 6.92 Å². The number of hydrogen-bond donors (Lipinski definition) is 2. The zero-order valence-corrected chi connectivity index (χ0v) is 11.3. The third-order valence-corrected chi connectivity index (χ3v) is 5.20. The third kappa shape index (κ3) is 3.64. The van der Waals surface area contributed by atoms with E-state index in [9.17, 15) is 8.42 Å². The van der Waals surface area contributed by atoms with Gasteiger partial charge in [0.05, 0.1) is 0 Å². The summed E-state index contributed by atoms with van der Waals surface area (Å²) in [6, 6.07) is 0.258. The van der Waals surface area contributed by atoms with Crippen molar-refractivity contribution < 1.29 is 8.42 Å². The quantitative estimate of drug-likeness (QED) is 0.723. The molecule has 2 fully saturated rings. The molecule has 1 saturated heterocycles. The van der Waals surface area contributed by atoms with Crippen LogP contribution in [0.3, 0.4) is 0 Å². The molecule has 0 aromatic rings. The molecule has 0 spiro atoms. The van der Waals surface area contributed by atoms with E-state index in [1.807, 2.05) is 6.92 Å². The normalized spacial score (nSPS) is 23.2. The minimum Gasteiger partial charge on any atom is -0.317 e. The second-order valence-corrected chi connectivity index (χ2v) is 6.70. The topological polar surface area (TPSA) is 61.4 Å². The summed E-state index contributed by atoms with van der Waals surface area (Å²) in [5.41, 5.74) is 0. The standard InChI is InChI=1S/C11H23N3O2S/c1-2-13-17(15,16)14(11-3-4-11)9-10-5-7-12-8-6-10/h10-13H,2-9H2,1H3. The maximum atomic E-state index is 12.1. The van der Waals surface area contributed by atoms with Crippen LogP contribution in [-0.2, 0) is 10.2 Å². The van der Waals surface area contributed by atoms with Gasteiger partial charge in [0, 0.05) is 19.1 Å². The summed E-state index contributed by atoms with van der Waals surface area (Å²) in [6.07, 6.45) is 4.22. The van der Waals surface area contributed by atoms with Crippen LogP contribution in [-0.4, -0.2) is 44.9 Å². The molecule has 0 radical (unpaired) electrons. The molecule has 17 heavy (non-hydrogen) atoms. The zero-order chi connectivity index (χ0) is 12.3. The van der Waals surface area contributed by atoms with Crippen LogP contribution in [0, 0.1) is 5.92 Å². The van der Waals surface area contributed by atoms with Crippen molar-refractivity contribution in [3.63, 3.8) is 0 Å². The molecule has 5 nitrogen and oxygen atoms in total. The monoisotopic (exact) mass is 261 g/mol. The van der Waals surface area contributed by atoms with Gasteiger partial charge in [-0.3, -0.25) is 0 Å². The smallest absolute Gasteiger partial charge is 0.279 e. The predicted octanol–water partition coefficient (Wildman–Crippen LogP) is 0.305. The Morgan fingerprint density at radius 1 is 1.24 bits per heavy atom. The van der Waals surface area contributed by atoms with E-state index >= 15 is 0 Å². The molecule has 0 bridgehead atoms. The maximum Gasteiger partial charge on any atom is 0.279 e. The van der Waals surface area contributed by atoms with E-state index in [-0.39, 0.29) is 6.04 Å². The van der Waals surface area contributed by atoms with E-state index in [2.05, 4.69) is 10.0 Å². The van der Waals surface area contributed by atoms with Crippen LogP contribution >= 0.6 is 0 Å². The maximum absolute atomic E-state index is 12.1. The highest BCUT2D eigenvalue weighted by Crippen LogP contribution is 2.30. The first-order chi connectivity index (χ1) is 8.13. The highest BCUT2D eigenvalue weighted by Gasteiger charge is 2.38. The summed E-state index contributed by atoms with van der Waals surface area (Å²) in [5, 5.41) is 3.31. The van der Waals surface area contributed by atoms with Crippen molar-refractivity contribution in [1.82, 2.24) is 14.3 Å². The first-order valence-electron chi connectivity index (χ1n) is 6.60. The average Bonchev–Trinajstić information content (AvgIpc) is 3.11. The number of hydrogen-bond acceptors (Lipinski definition) is 3. The van der Waals surface area contributed by atoms with Gasteiger partial charge in [0.25, 0.3) is 10.2 Å². The van der Waals surface area contributed by atoms with Crippen LogP contribution in [0.4, 0.5) is 0 Å². The lowest BCUT2D eigenvalue weighted by Crippen LogP contribution is -2.45. The van der Waals surface area contributed by atoms with Gasteiger partial charge in [-0.2, -0.15) is 12.7 Å². The van der Waals surface area contributed by atoms with E-state index < -0.39 is 10.2 Å². The van der Waals surface area contributed by atoms with Crippen molar-refractivity contribution in [2.45, 2.75) is 38.6 Å². The summed E-state index contributed by atoms with van der Waals surface area (Å²) < 4.78 is 28.5. The van der Waals surface area contributed by atoms with Gasteiger partial charge < -0.3 is 5.32 Å². The highest BCUT2D eigenvalue weighted by atomic mass is 32.2. The molecule has 1 aliphatic heterocycles. The average molecular weight is 261 g/mol. The van der Waals surface area contributed by atoms with Crippen LogP contribution in [0.1, 0.15) is 32.6 Å². The van der Waals surface area contributed by atoms with Crippen LogP contribution in [0.2, 0.25) is 0 Å². The summed E-state index contributed by atoms with van der Waals surface area (Å²) in [5.74, 6) is 0.519. The van der Waals surface area contributed by atoms with E-state index in [1.54, 1.807) is 4.31 Å². The number of piperidine rings is 1. The van der Waals surface area contributed by atoms with Crippen LogP contribution in [0.15, 0.2) is 0 Å². The molecule has 6 heteroatoms. The summed E-state index contributed by atoms with van der Waals surface area (Å²) in [7, 11) is -3.25. The number of nitrogens with zero attached hydrogens (tertiary/aromatic N) is 1. The third-order valence-electron chi connectivity index (χ3n) is 3.49. The lowest BCUT2D eigenvalue weighted by Gasteiger charge is -2.29. The summed E-state index contributed by atoms with van der Waals surface area (Å²) in [4.78, 5) is 0. The second-order valence-electron chi connectivity index (χ2n) is 5.00. The van der Waals surface area contributed by atoms with E-state index in [0.717, 1.165) is 38.8 Å². The Labute approximate surface area is 104 Å². The van der Waals surface area contributed by atoms with Crippen molar-refractivity contribution in [2.75, 3.05) is 26.2 Å². The van der Waals surface area contributed by atoms with Gasteiger partial charge in [-0.15, -0.1) is 0 Å². The Kier molecular flexibility index (Phi) is 4.41. The van der Waals surface area contributed by atoms with E-state index in [1.165, 1.54) is 0 Å². The fourth-order valence-electron chi connectivity index (χ4n) is 2.39. The molecule has 1 heterocycles. The number of nitrogens with one attached hydrogen (secondary N) is 2. The van der Waals surface area contributed by atoms with Gasteiger partial charge in [0.15, 0.2) is 0 Å². The number of rotatable bonds is 6. The van der Waals surface area contributed by atoms with Gasteiger partial charge in [0.1, 0.15) is 0 Å². The first kappa shape index (κ1) is 13.3. The molecule has 1 saturated carbocycles. The fourth-order valence-corrected chi connectivity index (χ4v) is 3.93. The van der Waals surface area contributed by atoms with E-state index in [4.69, 9.17) is 0 Å². The SMILES string of the molecule is CCNS(=O)(=O)N(CC1CCNCC1)C1CC1. The molecular formula is C11H23N3O2S. The molecular weight excluding hydrogens is 238 g/mol. The Balaban J connectivity index is 1.97. The van der Waals surface area contributed by atoms with Crippen LogP contribution in [0.25, 0.3) is 0 Å². The minimum atomic E-state index is -3.25. The molecule has 1 aliphatic carbocycles. The highest BCUT2D eigenvalue weighted by molar-refractivity contribution is 7.87. The lowest BCUT2D eigenvalue weighted by atomic mass is 9.98. The Morgan fingerprint density at radius 3 is 2.41 bits per heavy atom. The summed E-state index contributed by atoms with van der Waals surface area (Å²) >= 11 is 0. The van der Waals surface area contributed by atoms with Crippen molar-refractivity contribution >= 4 is 10.2 Å². The molecule has 2 aliphatic rings. The Hall–Kier alpha value is -0.170. The molecule has 0 unspecified atom stereocenters. The predicted molar refractivity (Wildman–Crippen MR) is 67.9 cm³/mol. The largest absolute Gasteiger partial charge is 0.317 e. The van der Waals surface area contributed by atoms with Crippen LogP contribution in [0.5, 0.6) is 0 Å². The minimum absolute atomic E-state index is 0.258. The molecule has 2 N–H and O–H groups in total. The zero-order valence-electron chi connectivity index (χ0n) is 10.5. The van der Waals surface area contributed by atoms with Crippen molar-refractivity contribution in [1.29, 1.82) is 0 Å². The van der Waals surface area contributed by atoms with E-state index in [0.29, 0.717) is 19.0 Å².